The summed E-state index contributed by atoms with van der Waals surface area (Å²) in [7, 11) is 1.12. The van der Waals surface area contributed by atoms with Crippen molar-refractivity contribution in [1.82, 2.24) is 20.6 Å². The van der Waals surface area contributed by atoms with E-state index in [0.29, 0.717) is 0 Å². The number of amides is 1. The molecule has 0 saturated carbocycles. The number of rotatable bonds is 3. The van der Waals surface area contributed by atoms with E-state index in [2.05, 4.69) is 24.4 Å². The number of alkyl halides is 6. The first kappa shape index (κ1) is 20.4. The van der Waals surface area contributed by atoms with Gasteiger partial charge in [0.1, 0.15) is 12.9 Å². The van der Waals surface area contributed by atoms with Crippen molar-refractivity contribution >= 4 is 17.7 Å². The fourth-order valence-electron chi connectivity index (χ4n) is 1.82. The van der Waals surface area contributed by atoms with Crippen LogP contribution in [0.1, 0.15) is 5.56 Å². The van der Waals surface area contributed by atoms with E-state index in [1.807, 2.05) is 5.32 Å². The molecular formula is C13H11F6N5O3. The zero-order valence-electron chi connectivity index (χ0n) is 13.4. The molecule has 0 aliphatic carbocycles. The number of aromatic nitrogens is 2. The normalized spacial score (nSPS) is 20.3. The predicted molar refractivity (Wildman–Crippen MR) is 76.9 cm³/mol. The van der Waals surface area contributed by atoms with Crippen LogP contribution in [0.15, 0.2) is 29.8 Å². The van der Waals surface area contributed by atoms with Crippen LogP contribution in [0, 0.1) is 0 Å². The molecule has 0 aromatic carbocycles. The molecule has 0 saturated heterocycles. The highest BCUT2D eigenvalue weighted by molar-refractivity contribution is 6.01. The van der Waals surface area contributed by atoms with Crippen LogP contribution in [-0.2, 0) is 9.47 Å². The Balaban J connectivity index is 2.51. The van der Waals surface area contributed by atoms with Crippen molar-refractivity contribution in [1.29, 1.82) is 0 Å². The van der Waals surface area contributed by atoms with Crippen molar-refractivity contribution in [3.05, 3.63) is 30.4 Å². The van der Waals surface area contributed by atoms with Crippen LogP contribution < -0.4 is 10.6 Å². The molecule has 14 heteroatoms. The van der Waals surface area contributed by atoms with Crippen LogP contribution in [0.3, 0.4) is 0 Å². The summed E-state index contributed by atoms with van der Waals surface area (Å²) in [5, 5.41) is 3.72. The Hall–Kier alpha value is -2.90. The van der Waals surface area contributed by atoms with E-state index < -0.39 is 42.5 Å². The zero-order chi connectivity index (χ0) is 20.3. The molecular weight excluding hydrogens is 388 g/mol. The second-order valence-corrected chi connectivity index (χ2v) is 4.95. The first-order valence-corrected chi connectivity index (χ1v) is 6.98. The molecule has 1 aliphatic heterocycles. The number of aliphatic imine (C=N–C) groups is 1. The molecule has 0 fully saturated rings. The Labute approximate surface area is 147 Å². The molecule has 1 aliphatic rings. The lowest BCUT2D eigenvalue weighted by Gasteiger charge is -2.36. The van der Waals surface area contributed by atoms with Crippen molar-refractivity contribution in [2.75, 3.05) is 13.7 Å². The highest BCUT2D eigenvalue weighted by Gasteiger charge is 2.60. The SMILES string of the molecule is CNC(=O)OC1=NC(OCC(F)(F)F)(C(F)(F)F)NC(c2cncnc2)=C1. The third-order valence-corrected chi connectivity index (χ3v) is 2.94. The number of halogens is 6. The maximum Gasteiger partial charge on any atom is 0.460 e. The molecule has 0 bridgehead atoms. The molecule has 2 N–H and O–H groups in total. The standard InChI is InChI=1S/C13H11F6N5O3/c1-20-10(25)27-9-2-8(7-3-21-6-22-4-7)23-13(24-9,12(17,18)19)26-5-11(14,15)16/h2-4,6,23H,5H2,1H3,(H,20,25). The van der Waals surface area contributed by atoms with Gasteiger partial charge in [-0.05, 0) is 0 Å². The second-order valence-electron chi connectivity index (χ2n) is 4.95. The molecule has 0 radical (unpaired) electrons. The Bertz CT molecular complexity index is 749. The minimum absolute atomic E-state index is 0.0466. The van der Waals surface area contributed by atoms with Gasteiger partial charge in [-0.2, -0.15) is 31.3 Å². The fourth-order valence-corrected chi connectivity index (χ4v) is 1.82. The summed E-state index contributed by atoms with van der Waals surface area (Å²) in [4.78, 5) is 21.5. The summed E-state index contributed by atoms with van der Waals surface area (Å²) in [5.41, 5.74) is -0.473. The predicted octanol–water partition coefficient (Wildman–Crippen LogP) is 1.97. The first-order valence-electron chi connectivity index (χ1n) is 6.98. The quantitative estimate of drug-likeness (QED) is 0.755. The van der Waals surface area contributed by atoms with Gasteiger partial charge in [-0.15, -0.1) is 0 Å². The highest BCUT2D eigenvalue weighted by atomic mass is 19.4. The molecule has 0 spiro atoms. The van der Waals surface area contributed by atoms with Gasteiger partial charge in [0.25, 0.3) is 0 Å². The second kappa shape index (κ2) is 7.38. The van der Waals surface area contributed by atoms with Gasteiger partial charge >= 0.3 is 24.3 Å². The van der Waals surface area contributed by atoms with Gasteiger partial charge in [0, 0.05) is 31.1 Å². The van der Waals surface area contributed by atoms with E-state index in [4.69, 9.17) is 0 Å². The number of hydrogen-bond acceptors (Lipinski definition) is 7. The van der Waals surface area contributed by atoms with E-state index in [0.717, 1.165) is 31.8 Å². The molecule has 1 unspecified atom stereocenters. The number of carbonyl (C=O) groups is 1. The van der Waals surface area contributed by atoms with E-state index in [1.165, 1.54) is 0 Å². The van der Waals surface area contributed by atoms with Crippen molar-refractivity contribution in [2.24, 2.45) is 4.99 Å². The molecule has 2 heterocycles. The lowest BCUT2D eigenvalue weighted by Crippen LogP contribution is -2.59. The minimum Gasteiger partial charge on any atom is -0.391 e. The van der Waals surface area contributed by atoms with Crippen molar-refractivity contribution in [3.63, 3.8) is 0 Å². The van der Waals surface area contributed by atoms with E-state index in [9.17, 15) is 31.1 Å². The van der Waals surface area contributed by atoms with Crippen molar-refractivity contribution in [2.45, 2.75) is 18.2 Å². The van der Waals surface area contributed by atoms with Crippen LogP contribution >= 0.6 is 0 Å². The molecule has 1 aromatic heterocycles. The number of ether oxygens (including phenoxy) is 2. The summed E-state index contributed by atoms with van der Waals surface area (Å²) < 4.78 is 86.7. The largest absolute Gasteiger partial charge is 0.460 e. The summed E-state index contributed by atoms with van der Waals surface area (Å²) in [5.74, 6) is -4.79. The third kappa shape index (κ3) is 5.06. The number of alkyl carbamates (subject to hydrolysis) is 1. The molecule has 1 amide bonds. The lowest BCUT2D eigenvalue weighted by molar-refractivity contribution is -0.307. The van der Waals surface area contributed by atoms with Crippen molar-refractivity contribution in [3.8, 4) is 0 Å². The molecule has 1 atom stereocenters. The molecule has 8 nitrogen and oxygen atoms in total. The summed E-state index contributed by atoms with van der Waals surface area (Å²) in [6.45, 7) is -2.27. The topological polar surface area (TPSA) is 97.7 Å². The van der Waals surface area contributed by atoms with E-state index in [1.54, 1.807) is 5.32 Å². The third-order valence-electron chi connectivity index (χ3n) is 2.94. The molecule has 148 valence electrons. The van der Waals surface area contributed by atoms with Gasteiger partial charge in [-0.25, -0.2) is 14.8 Å². The van der Waals surface area contributed by atoms with Gasteiger partial charge in [0.15, 0.2) is 0 Å². The van der Waals surface area contributed by atoms with Gasteiger partial charge in [-0.1, -0.05) is 0 Å². The summed E-state index contributed by atoms with van der Waals surface area (Å²) in [6, 6.07) is 0. The van der Waals surface area contributed by atoms with Crippen LogP contribution in [0.2, 0.25) is 0 Å². The van der Waals surface area contributed by atoms with Crippen LogP contribution in [0.25, 0.3) is 5.70 Å². The molecule has 27 heavy (non-hydrogen) atoms. The van der Waals surface area contributed by atoms with E-state index >= 15 is 0 Å². The van der Waals surface area contributed by atoms with Crippen LogP contribution in [-0.4, -0.2) is 53.8 Å². The van der Waals surface area contributed by atoms with E-state index in [-0.39, 0.29) is 5.56 Å². The number of nitrogens with zero attached hydrogens (tertiary/aromatic N) is 3. The highest BCUT2D eigenvalue weighted by Crippen LogP contribution is 2.38. The Morgan fingerprint density at radius 1 is 1.22 bits per heavy atom. The zero-order valence-corrected chi connectivity index (χ0v) is 13.4. The molecule has 1 aromatic rings. The fraction of sp³-hybridized carbons (Fsp3) is 0.385. The van der Waals surface area contributed by atoms with Crippen molar-refractivity contribution < 1.29 is 40.6 Å². The average Bonchev–Trinajstić information content (AvgIpc) is 2.59. The average molecular weight is 399 g/mol. The Morgan fingerprint density at radius 2 is 1.85 bits per heavy atom. The Kier molecular flexibility index (Phi) is 5.58. The minimum atomic E-state index is -5.45. The van der Waals surface area contributed by atoms with Crippen LogP contribution in [0.4, 0.5) is 31.1 Å². The smallest absolute Gasteiger partial charge is 0.391 e. The first-order chi connectivity index (χ1) is 12.5. The number of carbonyl (C=O) groups excluding carboxylic acids is 1. The van der Waals surface area contributed by atoms with Crippen LogP contribution in [0.5, 0.6) is 0 Å². The van der Waals surface area contributed by atoms with Gasteiger partial charge in [0.2, 0.25) is 5.90 Å². The summed E-state index contributed by atoms with van der Waals surface area (Å²) >= 11 is 0. The lowest BCUT2D eigenvalue weighted by atomic mass is 10.2. The summed E-state index contributed by atoms with van der Waals surface area (Å²) in [6.07, 6.45) is -7.62. The maximum absolute atomic E-state index is 13.6. The number of nitrogens with one attached hydrogen (secondary N) is 2. The maximum atomic E-state index is 13.6. The Morgan fingerprint density at radius 3 is 2.37 bits per heavy atom. The monoisotopic (exact) mass is 399 g/mol. The van der Waals surface area contributed by atoms with Gasteiger partial charge in [-0.3, -0.25) is 0 Å². The van der Waals surface area contributed by atoms with Gasteiger partial charge < -0.3 is 20.1 Å². The number of hydrogen-bond donors (Lipinski definition) is 2. The molecule has 2 rings (SSSR count). The van der Waals surface area contributed by atoms with Gasteiger partial charge in [0.05, 0.1) is 5.70 Å².